The molecule has 5 heteroatoms. The van der Waals surface area contributed by atoms with Crippen molar-refractivity contribution in [2.45, 2.75) is 33.1 Å². The molecule has 0 aliphatic carbocycles. The van der Waals surface area contributed by atoms with Crippen LogP contribution >= 0.6 is 0 Å². The van der Waals surface area contributed by atoms with Gasteiger partial charge in [0.05, 0.1) is 0 Å². The van der Waals surface area contributed by atoms with Gasteiger partial charge in [-0.05, 0) is 38.5 Å². The molecule has 0 aromatic rings. The summed E-state index contributed by atoms with van der Waals surface area (Å²) >= 11 is 0. The highest BCUT2D eigenvalue weighted by Crippen LogP contribution is 1.93. The standard InChI is InChI=1S/C5H13N.C3H10N2.C3H7NO/c1-3-5(2)4-6;2*4-2-1-3-5/h5H,3-4,6H2,1-2H3;1-5H2;3H,1-2,4H2. The van der Waals surface area contributed by atoms with Gasteiger partial charge in [-0.25, -0.2) is 0 Å². The van der Waals surface area contributed by atoms with Gasteiger partial charge in [0.2, 0.25) is 0 Å². The van der Waals surface area contributed by atoms with Crippen molar-refractivity contribution in [3.8, 4) is 0 Å². The number of carbonyl (C=O) groups is 1. The van der Waals surface area contributed by atoms with E-state index in [2.05, 4.69) is 13.8 Å². The number of aldehydes is 1. The quantitative estimate of drug-likeness (QED) is 0.475. The Hall–Kier alpha value is -0.490. The molecule has 16 heavy (non-hydrogen) atoms. The van der Waals surface area contributed by atoms with Crippen LogP contribution in [0.1, 0.15) is 33.1 Å². The van der Waals surface area contributed by atoms with Crippen LogP contribution in [-0.2, 0) is 4.79 Å². The second kappa shape index (κ2) is 24.0. The third-order valence-corrected chi connectivity index (χ3v) is 1.79. The average Bonchev–Trinajstić information content (AvgIpc) is 2.32. The molecule has 0 amide bonds. The minimum absolute atomic E-state index is 0.476. The molecular weight excluding hydrogens is 204 g/mol. The Kier molecular flexibility index (Phi) is 31.3. The summed E-state index contributed by atoms with van der Waals surface area (Å²) in [7, 11) is 0. The molecule has 1 unspecified atom stereocenters. The zero-order valence-electron chi connectivity index (χ0n) is 10.8. The first kappa shape index (κ1) is 20.9. The average molecular weight is 234 g/mol. The van der Waals surface area contributed by atoms with Crippen LogP contribution in [0.2, 0.25) is 0 Å². The Morgan fingerprint density at radius 2 is 1.56 bits per heavy atom. The Morgan fingerprint density at radius 1 is 1.06 bits per heavy atom. The summed E-state index contributed by atoms with van der Waals surface area (Å²) in [6.45, 7) is 7.05. The molecule has 0 rings (SSSR count). The Bertz CT molecular complexity index is 106. The van der Waals surface area contributed by atoms with E-state index < -0.39 is 0 Å². The predicted molar refractivity (Wildman–Crippen MR) is 71.0 cm³/mol. The largest absolute Gasteiger partial charge is 0.330 e. The second-order valence-electron chi connectivity index (χ2n) is 3.42. The van der Waals surface area contributed by atoms with Crippen LogP contribution in [0.15, 0.2) is 0 Å². The maximum atomic E-state index is 9.32. The Balaban J connectivity index is -0.000000160. The summed E-state index contributed by atoms with van der Waals surface area (Å²) in [6.07, 6.45) is 3.44. The second-order valence-corrected chi connectivity index (χ2v) is 3.42. The summed E-state index contributed by atoms with van der Waals surface area (Å²) in [5.41, 5.74) is 20.3. The predicted octanol–water partition coefficient (Wildman–Crippen LogP) is -0.181. The fourth-order valence-electron chi connectivity index (χ4n) is 0.353. The number of carbonyl (C=O) groups excluding carboxylic acids is 1. The molecule has 0 aliphatic heterocycles. The lowest BCUT2D eigenvalue weighted by atomic mass is 10.1. The van der Waals surface area contributed by atoms with Crippen molar-refractivity contribution in [1.82, 2.24) is 0 Å². The van der Waals surface area contributed by atoms with E-state index in [-0.39, 0.29) is 0 Å². The number of hydrogen-bond acceptors (Lipinski definition) is 5. The van der Waals surface area contributed by atoms with Crippen molar-refractivity contribution >= 4 is 6.29 Å². The van der Waals surface area contributed by atoms with Crippen LogP contribution in [0, 0.1) is 5.92 Å². The van der Waals surface area contributed by atoms with Gasteiger partial charge in [-0.3, -0.25) is 0 Å². The van der Waals surface area contributed by atoms with E-state index in [1.165, 1.54) is 6.42 Å². The molecule has 0 heterocycles. The Morgan fingerprint density at radius 3 is 1.56 bits per heavy atom. The minimum Gasteiger partial charge on any atom is -0.330 e. The monoisotopic (exact) mass is 234 g/mol. The number of rotatable bonds is 6. The van der Waals surface area contributed by atoms with Gasteiger partial charge < -0.3 is 27.7 Å². The molecule has 0 aromatic carbocycles. The van der Waals surface area contributed by atoms with Crippen LogP contribution < -0.4 is 22.9 Å². The molecule has 0 spiro atoms. The minimum atomic E-state index is 0.476. The molecule has 0 fully saturated rings. The zero-order valence-corrected chi connectivity index (χ0v) is 10.8. The molecule has 0 saturated heterocycles. The highest BCUT2D eigenvalue weighted by atomic mass is 16.1. The molecular formula is C11H30N4O. The van der Waals surface area contributed by atoms with Crippen molar-refractivity contribution < 1.29 is 4.79 Å². The van der Waals surface area contributed by atoms with Gasteiger partial charge in [0.15, 0.2) is 0 Å². The first-order chi connectivity index (χ1) is 7.64. The van der Waals surface area contributed by atoms with E-state index >= 15 is 0 Å². The normalized spacial score (nSPS) is 10.4. The molecule has 0 radical (unpaired) electrons. The van der Waals surface area contributed by atoms with Crippen molar-refractivity contribution in [2.24, 2.45) is 28.9 Å². The lowest BCUT2D eigenvalue weighted by Crippen LogP contribution is -2.08. The van der Waals surface area contributed by atoms with E-state index in [4.69, 9.17) is 22.9 Å². The zero-order chi connectivity index (χ0) is 13.2. The topological polar surface area (TPSA) is 121 Å². The third-order valence-electron chi connectivity index (χ3n) is 1.79. The fraction of sp³-hybridized carbons (Fsp3) is 0.909. The summed E-state index contributed by atoms with van der Waals surface area (Å²) in [5, 5.41) is 0. The molecule has 0 saturated carbocycles. The summed E-state index contributed by atoms with van der Waals surface area (Å²) < 4.78 is 0. The lowest BCUT2D eigenvalue weighted by Gasteiger charge is -1.98. The van der Waals surface area contributed by atoms with E-state index in [0.29, 0.717) is 18.9 Å². The highest BCUT2D eigenvalue weighted by Gasteiger charge is 1.88. The number of hydrogen-bond donors (Lipinski definition) is 4. The van der Waals surface area contributed by atoms with Crippen molar-refractivity contribution in [3.63, 3.8) is 0 Å². The molecule has 0 aliphatic rings. The number of nitrogens with two attached hydrogens (primary N) is 4. The Labute approximate surface area is 99.9 Å². The van der Waals surface area contributed by atoms with Crippen molar-refractivity contribution in [2.75, 3.05) is 26.2 Å². The van der Waals surface area contributed by atoms with Crippen LogP contribution in [-0.4, -0.2) is 32.5 Å². The fourth-order valence-corrected chi connectivity index (χ4v) is 0.353. The summed E-state index contributed by atoms with van der Waals surface area (Å²) in [6, 6.07) is 0. The van der Waals surface area contributed by atoms with Crippen molar-refractivity contribution in [3.05, 3.63) is 0 Å². The maximum Gasteiger partial charge on any atom is 0.121 e. The van der Waals surface area contributed by atoms with Crippen LogP contribution in [0.3, 0.4) is 0 Å². The van der Waals surface area contributed by atoms with Crippen LogP contribution in [0.25, 0.3) is 0 Å². The van der Waals surface area contributed by atoms with E-state index in [0.717, 1.165) is 32.3 Å². The van der Waals surface area contributed by atoms with E-state index in [9.17, 15) is 4.79 Å². The molecule has 1 atom stereocenters. The molecule has 0 aromatic heterocycles. The molecule has 5 nitrogen and oxygen atoms in total. The SMILES string of the molecule is CCC(C)CN.NCCC=O.NCCCN. The van der Waals surface area contributed by atoms with Crippen LogP contribution in [0.4, 0.5) is 0 Å². The van der Waals surface area contributed by atoms with Gasteiger partial charge in [0, 0.05) is 6.42 Å². The highest BCUT2D eigenvalue weighted by molar-refractivity contribution is 5.49. The van der Waals surface area contributed by atoms with E-state index in [1.54, 1.807) is 0 Å². The van der Waals surface area contributed by atoms with Gasteiger partial charge in [-0.2, -0.15) is 0 Å². The molecule has 100 valence electrons. The molecule has 8 N–H and O–H groups in total. The van der Waals surface area contributed by atoms with Crippen molar-refractivity contribution in [1.29, 1.82) is 0 Å². The summed E-state index contributed by atoms with van der Waals surface area (Å²) in [4.78, 5) is 9.32. The smallest absolute Gasteiger partial charge is 0.121 e. The first-order valence-corrected chi connectivity index (χ1v) is 5.88. The van der Waals surface area contributed by atoms with Gasteiger partial charge in [-0.1, -0.05) is 20.3 Å². The first-order valence-electron chi connectivity index (χ1n) is 5.88. The van der Waals surface area contributed by atoms with Gasteiger partial charge in [0.1, 0.15) is 6.29 Å². The van der Waals surface area contributed by atoms with Gasteiger partial charge in [0.25, 0.3) is 0 Å². The third kappa shape index (κ3) is 37.5. The van der Waals surface area contributed by atoms with Gasteiger partial charge >= 0.3 is 0 Å². The lowest BCUT2D eigenvalue weighted by molar-refractivity contribution is -0.107. The summed E-state index contributed by atoms with van der Waals surface area (Å²) in [5.74, 6) is 0.713. The molecule has 0 bridgehead atoms. The maximum absolute atomic E-state index is 9.32. The van der Waals surface area contributed by atoms with Crippen LogP contribution in [0.5, 0.6) is 0 Å². The van der Waals surface area contributed by atoms with E-state index in [1.807, 2.05) is 0 Å². The van der Waals surface area contributed by atoms with Gasteiger partial charge in [-0.15, -0.1) is 0 Å².